The average molecular weight is 244 g/mol. The molecule has 2 rings (SSSR count). The number of hydrogen-bond acceptors (Lipinski definition) is 4. The van der Waals surface area contributed by atoms with Crippen LogP contribution in [0.3, 0.4) is 0 Å². The highest BCUT2D eigenvalue weighted by Gasteiger charge is 2.16. The first-order valence-corrected chi connectivity index (χ1v) is 5.74. The van der Waals surface area contributed by atoms with Crippen LogP contribution in [0.2, 0.25) is 0 Å². The summed E-state index contributed by atoms with van der Waals surface area (Å²) in [5.41, 5.74) is 0.742. The van der Waals surface area contributed by atoms with Crippen LogP contribution in [-0.2, 0) is 5.60 Å². The van der Waals surface area contributed by atoms with Gasteiger partial charge in [0.25, 0.3) is 0 Å². The smallest absolute Gasteiger partial charge is 0.237 e. The summed E-state index contributed by atoms with van der Waals surface area (Å²) in [5.74, 6) is 1.07. The van der Waals surface area contributed by atoms with E-state index in [9.17, 15) is 5.11 Å². The van der Waals surface area contributed by atoms with E-state index in [1.54, 1.807) is 32.3 Å². The van der Waals surface area contributed by atoms with Crippen molar-refractivity contribution in [2.45, 2.75) is 26.4 Å². The molecule has 4 nitrogen and oxygen atoms in total. The van der Waals surface area contributed by atoms with Crippen molar-refractivity contribution >= 4 is 0 Å². The minimum Gasteiger partial charge on any atom is -0.437 e. The number of aromatic nitrogens is 2. The molecule has 1 N–H and O–H groups in total. The molecular formula is C14H16N2O2. The van der Waals surface area contributed by atoms with E-state index in [2.05, 4.69) is 9.97 Å². The van der Waals surface area contributed by atoms with Gasteiger partial charge in [-0.25, -0.2) is 4.98 Å². The molecule has 0 bridgehead atoms. The lowest BCUT2D eigenvalue weighted by Gasteiger charge is -2.18. The molecule has 2 aromatic rings. The Morgan fingerprint density at radius 3 is 2.56 bits per heavy atom. The van der Waals surface area contributed by atoms with Crippen molar-refractivity contribution in [3.05, 3.63) is 47.9 Å². The predicted octanol–water partition coefficient (Wildman–Crippen LogP) is 2.80. The van der Waals surface area contributed by atoms with Crippen LogP contribution >= 0.6 is 0 Å². The normalized spacial score (nSPS) is 11.3. The lowest BCUT2D eigenvalue weighted by atomic mass is 9.98. The molecule has 0 saturated carbocycles. The van der Waals surface area contributed by atoms with E-state index in [0.717, 1.165) is 11.3 Å². The Morgan fingerprint density at radius 1 is 1.17 bits per heavy atom. The number of hydrogen-bond donors (Lipinski definition) is 1. The van der Waals surface area contributed by atoms with Crippen molar-refractivity contribution in [1.82, 2.24) is 9.97 Å². The average Bonchev–Trinajstić information content (AvgIpc) is 2.31. The van der Waals surface area contributed by atoms with Gasteiger partial charge in [-0.05, 0) is 38.5 Å². The Bertz CT molecular complexity index is 530. The number of ether oxygens (including phenoxy) is 1. The van der Waals surface area contributed by atoms with Crippen molar-refractivity contribution in [3.8, 4) is 11.6 Å². The van der Waals surface area contributed by atoms with Gasteiger partial charge in [-0.2, -0.15) is 0 Å². The molecule has 0 amide bonds. The van der Waals surface area contributed by atoms with Crippen LogP contribution in [0.4, 0.5) is 0 Å². The third-order valence-electron chi connectivity index (χ3n) is 2.52. The molecule has 1 aromatic carbocycles. The van der Waals surface area contributed by atoms with E-state index in [-0.39, 0.29) is 0 Å². The number of aryl methyl sites for hydroxylation is 1. The summed E-state index contributed by atoms with van der Waals surface area (Å²) < 4.78 is 5.58. The summed E-state index contributed by atoms with van der Waals surface area (Å²) in [7, 11) is 0. The maximum absolute atomic E-state index is 9.93. The summed E-state index contributed by atoms with van der Waals surface area (Å²) in [4.78, 5) is 8.23. The van der Waals surface area contributed by atoms with Crippen molar-refractivity contribution in [2.75, 3.05) is 0 Å². The topological polar surface area (TPSA) is 55.2 Å². The SMILES string of the molecule is Cc1cnc(Oc2cccc(C(C)(C)O)c2)cn1. The molecule has 94 valence electrons. The highest BCUT2D eigenvalue weighted by molar-refractivity contribution is 5.33. The number of nitrogens with zero attached hydrogens (tertiary/aromatic N) is 2. The molecule has 0 atom stereocenters. The van der Waals surface area contributed by atoms with Gasteiger partial charge >= 0.3 is 0 Å². The predicted molar refractivity (Wildman–Crippen MR) is 68.5 cm³/mol. The van der Waals surface area contributed by atoms with Gasteiger partial charge in [-0.3, -0.25) is 4.98 Å². The molecule has 0 fully saturated rings. The van der Waals surface area contributed by atoms with Gasteiger partial charge in [-0.1, -0.05) is 12.1 Å². The first kappa shape index (κ1) is 12.5. The molecule has 18 heavy (non-hydrogen) atoms. The fraction of sp³-hybridized carbons (Fsp3) is 0.286. The van der Waals surface area contributed by atoms with Crippen LogP contribution in [0, 0.1) is 6.92 Å². The lowest BCUT2D eigenvalue weighted by Crippen LogP contribution is -2.15. The molecule has 1 aromatic heterocycles. The Morgan fingerprint density at radius 2 is 1.94 bits per heavy atom. The zero-order valence-electron chi connectivity index (χ0n) is 10.7. The Labute approximate surface area is 106 Å². The fourth-order valence-electron chi connectivity index (χ4n) is 1.49. The van der Waals surface area contributed by atoms with Gasteiger partial charge in [0.05, 0.1) is 23.7 Å². The molecule has 4 heteroatoms. The third-order valence-corrected chi connectivity index (χ3v) is 2.52. The Hall–Kier alpha value is -1.94. The molecule has 0 spiro atoms. The lowest BCUT2D eigenvalue weighted by molar-refractivity contribution is 0.0784. The van der Waals surface area contributed by atoms with E-state index in [0.29, 0.717) is 11.6 Å². The van der Waals surface area contributed by atoms with Crippen molar-refractivity contribution < 1.29 is 9.84 Å². The number of rotatable bonds is 3. The summed E-state index contributed by atoms with van der Waals surface area (Å²) in [6, 6.07) is 7.30. The van der Waals surface area contributed by atoms with E-state index in [4.69, 9.17) is 4.74 Å². The number of benzene rings is 1. The Kier molecular flexibility index (Phi) is 3.30. The van der Waals surface area contributed by atoms with Gasteiger partial charge in [0.2, 0.25) is 5.88 Å². The van der Waals surface area contributed by atoms with Crippen LogP contribution in [0.5, 0.6) is 11.6 Å². The van der Waals surface area contributed by atoms with Crippen molar-refractivity contribution in [2.24, 2.45) is 0 Å². The Balaban J connectivity index is 2.22. The van der Waals surface area contributed by atoms with Gasteiger partial charge in [-0.15, -0.1) is 0 Å². The quantitative estimate of drug-likeness (QED) is 0.902. The van der Waals surface area contributed by atoms with Crippen molar-refractivity contribution in [1.29, 1.82) is 0 Å². The maximum Gasteiger partial charge on any atom is 0.237 e. The molecular weight excluding hydrogens is 228 g/mol. The molecule has 0 aliphatic rings. The van der Waals surface area contributed by atoms with Crippen molar-refractivity contribution in [3.63, 3.8) is 0 Å². The molecule has 0 unspecified atom stereocenters. The molecule has 0 saturated heterocycles. The zero-order chi connectivity index (χ0) is 13.2. The van der Waals surface area contributed by atoms with E-state index < -0.39 is 5.60 Å². The van der Waals surface area contributed by atoms with Crippen LogP contribution in [-0.4, -0.2) is 15.1 Å². The third kappa shape index (κ3) is 3.05. The van der Waals surface area contributed by atoms with Gasteiger partial charge < -0.3 is 9.84 Å². The summed E-state index contributed by atoms with van der Waals surface area (Å²) in [6.45, 7) is 5.33. The summed E-state index contributed by atoms with van der Waals surface area (Å²) in [5, 5.41) is 9.93. The second-order valence-electron chi connectivity index (χ2n) is 4.68. The molecule has 0 radical (unpaired) electrons. The van der Waals surface area contributed by atoms with Crippen LogP contribution < -0.4 is 4.74 Å². The molecule has 1 heterocycles. The second-order valence-corrected chi connectivity index (χ2v) is 4.68. The monoisotopic (exact) mass is 244 g/mol. The highest BCUT2D eigenvalue weighted by Crippen LogP contribution is 2.26. The van der Waals surface area contributed by atoms with Gasteiger partial charge in [0.15, 0.2) is 0 Å². The van der Waals surface area contributed by atoms with Crippen LogP contribution in [0.1, 0.15) is 25.1 Å². The number of aliphatic hydroxyl groups is 1. The summed E-state index contributed by atoms with van der Waals surface area (Å²) >= 11 is 0. The van der Waals surface area contributed by atoms with Gasteiger partial charge in [0, 0.05) is 0 Å². The van der Waals surface area contributed by atoms with E-state index in [1.165, 1.54) is 0 Å². The summed E-state index contributed by atoms with van der Waals surface area (Å²) in [6.07, 6.45) is 3.22. The van der Waals surface area contributed by atoms with Crippen LogP contribution in [0.25, 0.3) is 0 Å². The zero-order valence-corrected chi connectivity index (χ0v) is 10.7. The molecule has 0 aliphatic carbocycles. The van der Waals surface area contributed by atoms with Gasteiger partial charge in [0.1, 0.15) is 5.75 Å². The first-order valence-electron chi connectivity index (χ1n) is 5.74. The maximum atomic E-state index is 9.93. The second kappa shape index (κ2) is 4.74. The minimum absolute atomic E-state index is 0.438. The minimum atomic E-state index is -0.891. The van der Waals surface area contributed by atoms with E-state index in [1.807, 2.05) is 25.1 Å². The first-order chi connectivity index (χ1) is 8.45. The standard InChI is InChI=1S/C14H16N2O2/c1-10-8-16-13(9-15-10)18-12-6-4-5-11(7-12)14(2,3)17/h4-9,17H,1-3H3. The van der Waals surface area contributed by atoms with E-state index >= 15 is 0 Å². The van der Waals surface area contributed by atoms with Crippen LogP contribution in [0.15, 0.2) is 36.7 Å². The molecule has 0 aliphatic heterocycles. The highest BCUT2D eigenvalue weighted by atomic mass is 16.5. The fourth-order valence-corrected chi connectivity index (χ4v) is 1.49. The largest absolute Gasteiger partial charge is 0.437 e.